The molecule has 1 heterocycles. The van der Waals surface area contributed by atoms with E-state index < -0.39 is 0 Å². The van der Waals surface area contributed by atoms with Crippen molar-refractivity contribution < 1.29 is 4.79 Å². The lowest BCUT2D eigenvalue weighted by atomic mass is 10.1. The van der Waals surface area contributed by atoms with E-state index in [1.807, 2.05) is 18.2 Å². The van der Waals surface area contributed by atoms with Gasteiger partial charge in [-0.05, 0) is 36.2 Å². The van der Waals surface area contributed by atoms with Crippen LogP contribution in [-0.4, -0.2) is 5.78 Å². The smallest absolute Gasteiger partial charge is 0.169 e. The van der Waals surface area contributed by atoms with Crippen LogP contribution in [-0.2, 0) is 5.75 Å². The monoisotopic (exact) mass is 248 g/mol. The number of thiol groups is 1. The predicted molar refractivity (Wildman–Crippen MR) is 72.4 cm³/mol. The van der Waals surface area contributed by atoms with E-state index in [9.17, 15) is 4.79 Å². The molecule has 0 unspecified atom stereocenters. The van der Waals surface area contributed by atoms with Gasteiger partial charge in [0.05, 0.1) is 4.88 Å². The molecule has 0 radical (unpaired) electrons. The van der Waals surface area contributed by atoms with Gasteiger partial charge in [-0.15, -0.1) is 11.3 Å². The molecule has 0 amide bonds. The van der Waals surface area contributed by atoms with E-state index in [1.54, 1.807) is 6.92 Å². The number of ketones is 1. The number of hydrogen-bond acceptors (Lipinski definition) is 3. The van der Waals surface area contributed by atoms with Crippen molar-refractivity contribution in [1.29, 1.82) is 0 Å². The van der Waals surface area contributed by atoms with Crippen molar-refractivity contribution in [2.45, 2.75) is 12.7 Å². The standard InChI is InChI=1S/C13H12OS2/c1-9(14)12-5-6-13(16-12)11-4-2-3-10(7-11)8-15/h2-7,15H,8H2,1H3. The van der Waals surface area contributed by atoms with Crippen LogP contribution in [0, 0.1) is 0 Å². The molecular formula is C13H12OS2. The molecule has 0 spiro atoms. The van der Waals surface area contributed by atoms with Crippen LogP contribution in [0.2, 0.25) is 0 Å². The van der Waals surface area contributed by atoms with Crippen molar-refractivity contribution in [1.82, 2.24) is 0 Å². The van der Waals surface area contributed by atoms with Gasteiger partial charge in [0.25, 0.3) is 0 Å². The molecule has 2 aromatic rings. The highest BCUT2D eigenvalue weighted by Gasteiger charge is 2.06. The molecular weight excluding hydrogens is 236 g/mol. The molecule has 0 fully saturated rings. The molecule has 0 aliphatic carbocycles. The second-order valence-corrected chi connectivity index (χ2v) is 4.98. The molecule has 1 aromatic carbocycles. The zero-order valence-electron chi connectivity index (χ0n) is 8.93. The number of carbonyl (C=O) groups is 1. The van der Waals surface area contributed by atoms with Gasteiger partial charge in [0.2, 0.25) is 0 Å². The van der Waals surface area contributed by atoms with Crippen molar-refractivity contribution in [2.75, 3.05) is 0 Å². The van der Waals surface area contributed by atoms with Crippen LogP contribution in [0.1, 0.15) is 22.2 Å². The number of carbonyl (C=O) groups excluding carboxylic acids is 1. The van der Waals surface area contributed by atoms with Crippen LogP contribution in [0.15, 0.2) is 36.4 Å². The fraction of sp³-hybridized carbons (Fsp3) is 0.154. The molecule has 0 aliphatic rings. The first-order chi connectivity index (χ1) is 7.70. The lowest BCUT2D eigenvalue weighted by Gasteiger charge is -2.00. The van der Waals surface area contributed by atoms with Gasteiger partial charge in [0, 0.05) is 10.6 Å². The second-order valence-electron chi connectivity index (χ2n) is 3.58. The minimum atomic E-state index is 0.126. The molecule has 16 heavy (non-hydrogen) atoms. The number of benzene rings is 1. The SMILES string of the molecule is CC(=O)c1ccc(-c2cccc(CS)c2)s1. The quantitative estimate of drug-likeness (QED) is 0.640. The Bertz CT molecular complexity index is 514. The Labute approximate surface area is 105 Å². The summed E-state index contributed by atoms with van der Waals surface area (Å²) in [5.41, 5.74) is 2.35. The average molecular weight is 248 g/mol. The minimum Gasteiger partial charge on any atom is -0.294 e. The van der Waals surface area contributed by atoms with Crippen molar-refractivity contribution in [2.24, 2.45) is 0 Å². The van der Waals surface area contributed by atoms with Gasteiger partial charge < -0.3 is 0 Å². The Morgan fingerprint density at radius 1 is 1.31 bits per heavy atom. The maximum absolute atomic E-state index is 11.2. The number of thiophene rings is 1. The molecule has 1 nitrogen and oxygen atoms in total. The number of rotatable bonds is 3. The zero-order valence-corrected chi connectivity index (χ0v) is 10.6. The maximum Gasteiger partial charge on any atom is 0.169 e. The van der Waals surface area contributed by atoms with E-state index in [-0.39, 0.29) is 5.78 Å². The lowest BCUT2D eigenvalue weighted by Crippen LogP contribution is -1.83. The Morgan fingerprint density at radius 3 is 2.75 bits per heavy atom. The summed E-state index contributed by atoms with van der Waals surface area (Å²) in [5.74, 6) is 0.861. The largest absolute Gasteiger partial charge is 0.294 e. The molecule has 0 N–H and O–H groups in total. The van der Waals surface area contributed by atoms with Gasteiger partial charge in [-0.25, -0.2) is 0 Å². The minimum absolute atomic E-state index is 0.126. The van der Waals surface area contributed by atoms with Crippen LogP contribution in [0.4, 0.5) is 0 Å². The Hall–Kier alpha value is -1.06. The third-order valence-electron chi connectivity index (χ3n) is 2.35. The summed E-state index contributed by atoms with van der Waals surface area (Å²) in [7, 11) is 0. The summed E-state index contributed by atoms with van der Waals surface area (Å²) in [6.07, 6.45) is 0. The first-order valence-corrected chi connectivity index (χ1v) is 6.46. The molecule has 82 valence electrons. The van der Waals surface area contributed by atoms with Gasteiger partial charge >= 0.3 is 0 Å². The van der Waals surface area contributed by atoms with Crippen molar-refractivity contribution in [3.05, 3.63) is 46.8 Å². The van der Waals surface area contributed by atoms with Crippen molar-refractivity contribution in [3.63, 3.8) is 0 Å². The molecule has 0 saturated carbocycles. The molecule has 0 atom stereocenters. The van der Waals surface area contributed by atoms with E-state index in [4.69, 9.17) is 0 Å². The van der Waals surface area contributed by atoms with Gasteiger partial charge in [0.1, 0.15) is 0 Å². The Morgan fingerprint density at radius 2 is 2.12 bits per heavy atom. The van der Waals surface area contributed by atoms with E-state index in [2.05, 4.69) is 30.8 Å². The van der Waals surface area contributed by atoms with Crippen LogP contribution in [0.3, 0.4) is 0 Å². The summed E-state index contributed by atoms with van der Waals surface area (Å²) < 4.78 is 0. The average Bonchev–Trinajstić information content (AvgIpc) is 2.78. The molecule has 0 saturated heterocycles. The summed E-state index contributed by atoms with van der Waals surface area (Å²) >= 11 is 5.80. The summed E-state index contributed by atoms with van der Waals surface area (Å²) in [4.78, 5) is 13.2. The molecule has 1 aromatic heterocycles. The van der Waals surface area contributed by atoms with Gasteiger partial charge in [-0.2, -0.15) is 12.6 Å². The van der Waals surface area contributed by atoms with Crippen LogP contribution in [0.25, 0.3) is 10.4 Å². The van der Waals surface area contributed by atoms with Gasteiger partial charge in [0.15, 0.2) is 5.78 Å². The van der Waals surface area contributed by atoms with E-state index >= 15 is 0 Å². The third kappa shape index (κ3) is 2.36. The first-order valence-electron chi connectivity index (χ1n) is 5.01. The van der Waals surface area contributed by atoms with Crippen LogP contribution < -0.4 is 0 Å². The van der Waals surface area contributed by atoms with E-state index in [0.29, 0.717) is 0 Å². The van der Waals surface area contributed by atoms with Crippen molar-refractivity contribution in [3.8, 4) is 10.4 Å². The van der Waals surface area contributed by atoms with E-state index in [0.717, 1.165) is 21.1 Å². The zero-order chi connectivity index (χ0) is 11.5. The normalized spacial score (nSPS) is 10.4. The first kappa shape index (κ1) is 11.4. The highest BCUT2D eigenvalue weighted by Crippen LogP contribution is 2.29. The highest BCUT2D eigenvalue weighted by molar-refractivity contribution is 7.79. The van der Waals surface area contributed by atoms with Gasteiger partial charge in [-0.3, -0.25) is 4.79 Å². The number of Topliss-reactive ketones (excluding diaryl/α,β-unsaturated/α-hetero) is 1. The Balaban J connectivity index is 2.38. The van der Waals surface area contributed by atoms with Gasteiger partial charge in [-0.1, -0.05) is 18.2 Å². The summed E-state index contributed by atoms with van der Waals surface area (Å²) in [5, 5.41) is 0. The summed E-state index contributed by atoms with van der Waals surface area (Å²) in [6.45, 7) is 1.60. The molecule has 0 aliphatic heterocycles. The predicted octanol–water partition coefficient (Wildman–Crippen LogP) is 4.05. The second kappa shape index (κ2) is 4.85. The number of hydrogen-bond donors (Lipinski definition) is 1. The maximum atomic E-state index is 11.2. The summed E-state index contributed by atoms with van der Waals surface area (Å²) in [6, 6.07) is 12.1. The Kier molecular flexibility index (Phi) is 3.46. The van der Waals surface area contributed by atoms with Crippen LogP contribution >= 0.6 is 24.0 Å². The lowest BCUT2D eigenvalue weighted by molar-refractivity contribution is 0.102. The van der Waals surface area contributed by atoms with E-state index in [1.165, 1.54) is 16.9 Å². The van der Waals surface area contributed by atoms with Crippen molar-refractivity contribution >= 4 is 29.7 Å². The third-order valence-corrected chi connectivity index (χ3v) is 3.95. The molecule has 0 bridgehead atoms. The fourth-order valence-electron chi connectivity index (χ4n) is 1.51. The fourth-order valence-corrected chi connectivity index (χ4v) is 2.60. The van der Waals surface area contributed by atoms with Crippen LogP contribution in [0.5, 0.6) is 0 Å². The topological polar surface area (TPSA) is 17.1 Å². The molecule has 2 rings (SSSR count). The molecule has 3 heteroatoms. The highest BCUT2D eigenvalue weighted by atomic mass is 32.1.